The van der Waals surface area contributed by atoms with E-state index in [1.54, 1.807) is 25.1 Å². The standard InChI is InChI=1S/C14H12FNO2/c1-9-8-11(5-6-13(9)15)18-14-12(10(2)17)4-3-7-16-14/h3-8H,1-2H3. The van der Waals surface area contributed by atoms with Gasteiger partial charge < -0.3 is 4.74 Å². The molecule has 0 radical (unpaired) electrons. The molecule has 0 aliphatic carbocycles. The highest BCUT2D eigenvalue weighted by Crippen LogP contribution is 2.24. The third-order valence-electron chi connectivity index (χ3n) is 2.49. The van der Waals surface area contributed by atoms with Crippen LogP contribution in [0.4, 0.5) is 4.39 Å². The average molecular weight is 245 g/mol. The van der Waals surface area contributed by atoms with Crippen molar-refractivity contribution >= 4 is 5.78 Å². The van der Waals surface area contributed by atoms with E-state index in [9.17, 15) is 9.18 Å². The third kappa shape index (κ3) is 2.53. The Morgan fingerprint density at radius 3 is 2.78 bits per heavy atom. The van der Waals surface area contributed by atoms with Crippen LogP contribution < -0.4 is 4.74 Å². The van der Waals surface area contributed by atoms with E-state index in [-0.39, 0.29) is 17.5 Å². The van der Waals surface area contributed by atoms with Crippen LogP contribution in [0.5, 0.6) is 11.6 Å². The van der Waals surface area contributed by atoms with Crippen LogP contribution >= 0.6 is 0 Å². The lowest BCUT2D eigenvalue weighted by molar-refractivity contribution is 0.101. The summed E-state index contributed by atoms with van der Waals surface area (Å²) in [5.74, 6) is 0.262. The molecule has 1 heterocycles. The summed E-state index contributed by atoms with van der Waals surface area (Å²) in [5, 5.41) is 0. The van der Waals surface area contributed by atoms with E-state index in [1.165, 1.54) is 25.3 Å². The number of pyridine rings is 1. The van der Waals surface area contributed by atoms with Crippen molar-refractivity contribution in [3.8, 4) is 11.6 Å². The maximum atomic E-state index is 13.1. The van der Waals surface area contributed by atoms with Gasteiger partial charge in [0.2, 0.25) is 5.88 Å². The smallest absolute Gasteiger partial charge is 0.230 e. The Morgan fingerprint density at radius 1 is 1.33 bits per heavy atom. The molecule has 0 aliphatic heterocycles. The molecule has 2 rings (SSSR count). The maximum Gasteiger partial charge on any atom is 0.230 e. The zero-order chi connectivity index (χ0) is 13.1. The van der Waals surface area contributed by atoms with Gasteiger partial charge in [-0.1, -0.05) is 0 Å². The summed E-state index contributed by atoms with van der Waals surface area (Å²) in [4.78, 5) is 15.4. The Hall–Kier alpha value is -2.23. The lowest BCUT2D eigenvalue weighted by Crippen LogP contribution is -1.99. The normalized spacial score (nSPS) is 10.2. The number of benzene rings is 1. The molecule has 0 atom stereocenters. The number of Topliss-reactive ketones (excluding diaryl/α,β-unsaturated/α-hetero) is 1. The lowest BCUT2D eigenvalue weighted by Gasteiger charge is -2.08. The number of carbonyl (C=O) groups excluding carboxylic acids is 1. The van der Waals surface area contributed by atoms with Crippen molar-refractivity contribution < 1.29 is 13.9 Å². The molecule has 1 aromatic heterocycles. The molecule has 18 heavy (non-hydrogen) atoms. The molecular weight excluding hydrogens is 233 g/mol. The highest BCUT2D eigenvalue weighted by Gasteiger charge is 2.10. The first kappa shape index (κ1) is 12.2. The summed E-state index contributed by atoms with van der Waals surface area (Å²) in [6.07, 6.45) is 1.54. The molecule has 0 amide bonds. The molecule has 0 unspecified atom stereocenters. The highest BCUT2D eigenvalue weighted by atomic mass is 19.1. The van der Waals surface area contributed by atoms with Crippen molar-refractivity contribution in [1.29, 1.82) is 0 Å². The maximum absolute atomic E-state index is 13.1. The molecular formula is C14H12FNO2. The first-order valence-corrected chi connectivity index (χ1v) is 5.48. The Bertz CT molecular complexity index is 596. The minimum atomic E-state index is -0.296. The van der Waals surface area contributed by atoms with Gasteiger partial charge in [-0.05, 0) is 49.7 Å². The Balaban J connectivity index is 2.34. The van der Waals surface area contributed by atoms with Gasteiger partial charge in [-0.3, -0.25) is 4.79 Å². The van der Waals surface area contributed by atoms with E-state index < -0.39 is 0 Å². The van der Waals surface area contributed by atoms with Gasteiger partial charge in [0.1, 0.15) is 11.6 Å². The SMILES string of the molecule is CC(=O)c1cccnc1Oc1ccc(F)c(C)c1. The van der Waals surface area contributed by atoms with E-state index in [2.05, 4.69) is 4.98 Å². The Kier molecular flexibility index (Phi) is 3.37. The molecule has 0 fully saturated rings. The van der Waals surface area contributed by atoms with Gasteiger partial charge in [0.25, 0.3) is 0 Å². The summed E-state index contributed by atoms with van der Waals surface area (Å²) < 4.78 is 18.6. The molecule has 0 saturated carbocycles. The number of ketones is 1. The van der Waals surface area contributed by atoms with Crippen LogP contribution in [0.3, 0.4) is 0 Å². The van der Waals surface area contributed by atoms with Crippen LogP contribution in [0.15, 0.2) is 36.5 Å². The molecule has 92 valence electrons. The van der Waals surface area contributed by atoms with Gasteiger partial charge in [-0.2, -0.15) is 0 Å². The first-order chi connectivity index (χ1) is 8.58. The van der Waals surface area contributed by atoms with Crippen molar-refractivity contribution in [3.05, 3.63) is 53.5 Å². The van der Waals surface area contributed by atoms with E-state index in [1.807, 2.05) is 0 Å². The van der Waals surface area contributed by atoms with Crippen LogP contribution in [-0.4, -0.2) is 10.8 Å². The number of hydrogen-bond donors (Lipinski definition) is 0. The fourth-order valence-corrected chi connectivity index (χ4v) is 1.53. The van der Waals surface area contributed by atoms with Gasteiger partial charge in [-0.15, -0.1) is 0 Å². The van der Waals surface area contributed by atoms with Gasteiger partial charge in [0.05, 0.1) is 5.56 Å². The monoisotopic (exact) mass is 245 g/mol. The second-order valence-electron chi connectivity index (χ2n) is 3.93. The number of aryl methyl sites for hydroxylation is 1. The van der Waals surface area contributed by atoms with Crippen molar-refractivity contribution in [1.82, 2.24) is 4.98 Å². The predicted octanol–water partition coefficient (Wildman–Crippen LogP) is 3.52. The number of nitrogens with zero attached hydrogens (tertiary/aromatic N) is 1. The molecule has 2 aromatic rings. The topological polar surface area (TPSA) is 39.2 Å². The third-order valence-corrected chi connectivity index (χ3v) is 2.49. The molecule has 4 heteroatoms. The summed E-state index contributed by atoms with van der Waals surface area (Å²) in [6.45, 7) is 3.09. The molecule has 0 saturated heterocycles. The van der Waals surface area contributed by atoms with Crippen LogP contribution in [0.1, 0.15) is 22.8 Å². The van der Waals surface area contributed by atoms with E-state index in [0.29, 0.717) is 16.9 Å². The molecule has 0 aliphatic rings. The molecule has 0 spiro atoms. The van der Waals surface area contributed by atoms with E-state index in [0.717, 1.165) is 0 Å². The minimum Gasteiger partial charge on any atom is -0.438 e. The fraction of sp³-hybridized carbons (Fsp3) is 0.143. The van der Waals surface area contributed by atoms with Crippen molar-refractivity contribution in [2.24, 2.45) is 0 Å². The summed E-state index contributed by atoms with van der Waals surface area (Å²) >= 11 is 0. The first-order valence-electron chi connectivity index (χ1n) is 5.48. The number of ether oxygens (including phenoxy) is 1. The lowest BCUT2D eigenvalue weighted by atomic mass is 10.2. The summed E-state index contributed by atoms with van der Waals surface area (Å²) in [6, 6.07) is 7.69. The van der Waals surface area contributed by atoms with Crippen LogP contribution in [0.2, 0.25) is 0 Å². The second-order valence-corrected chi connectivity index (χ2v) is 3.93. The van der Waals surface area contributed by atoms with Crippen LogP contribution in [0.25, 0.3) is 0 Å². The van der Waals surface area contributed by atoms with Gasteiger partial charge in [0.15, 0.2) is 5.78 Å². The molecule has 0 N–H and O–H groups in total. The fourth-order valence-electron chi connectivity index (χ4n) is 1.53. The molecule has 1 aromatic carbocycles. The highest BCUT2D eigenvalue weighted by molar-refractivity contribution is 5.96. The average Bonchev–Trinajstić information content (AvgIpc) is 2.34. The van der Waals surface area contributed by atoms with E-state index >= 15 is 0 Å². The van der Waals surface area contributed by atoms with Crippen LogP contribution in [-0.2, 0) is 0 Å². The van der Waals surface area contributed by atoms with Gasteiger partial charge >= 0.3 is 0 Å². The molecule has 0 bridgehead atoms. The number of carbonyl (C=O) groups is 1. The van der Waals surface area contributed by atoms with Crippen molar-refractivity contribution in [3.63, 3.8) is 0 Å². The number of aromatic nitrogens is 1. The predicted molar refractivity (Wildman–Crippen MR) is 65.5 cm³/mol. The van der Waals surface area contributed by atoms with Crippen LogP contribution in [0, 0.1) is 12.7 Å². The summed E-state index contributed by atoms with van der Waals surface area (Å²) in [7, 11) is 0. The zero-order valence-corrected chi connectivity index (χ0v) is 10.1. The second kappa shape index (κ2) is 4.96. The number of hydrogen-bond acceptors (Lipinski definition) is 3. The quantitative estimate of drug-likeness (QED) is 0.776. The summed E-state index contributed by atoms with van der Waals surface area (Å²) in [5.41, 5.74) is 0.882. The van der Waals surface area contributed by atoms with Gasteiger partial charge in [0, 0.05) is 6.20 Å². The minimum absolute atomic E-state index is 0.128. The Labute approximate surface area is 104 Å². The number of rotatable bonds is 3. The Morgan fingerprint density at radius 2 is 2.11 bits per heavy atom. The van der Waals surface area contributed by atoms with Crippen molar-refractivity contribution in [2.45, 2.75) is 13.8 Å². The zero-order valence-electron chi connectivity index (χ0n) is 10.1. The largest absolute Gasteiger partial charge is 0.438 e. The van der Waals surface area contributed by atoms with Gasteiger partial charge in [-0.25, -0.2) is 9.37 Å². The number of halogens is 1. The van der Waals surface area contributed by atoms with Crippen molar-refractivity contribution in [2.75, 3.05) is 0 Å². The molecule has 3 nitrogen and oxygen atoms in total. The van der Waals surface area contributed by atoms with E-state index in [4.69, 9.17) is 4.74 Å².